The number of sulfonamides is 1. The highest BCUT2D eigenvalue weighted by Crippen LogP contribution is 2.23. The fourth-order valence-corrected chi connectivity index (χ4v) is 3.59. The first-order valence-electron chi connectivity index (χ1n) is 6.59. The second kappa shape index (κ2) is 6.50. The zero-order chi connectivity index (χ0) is 14.6. The summed E-state index contributed by atoms with van der Waals surface area (Å²) in [5.74, 6) is 0. The number of nitrogens with one attached hydrogen (secondary N) is 1. The summed E-state index contributed by atoms with van der Waals surface area (Å²) in [6, 6.07) is 5.61. The van der Waals surface area contributed by atoms with Gasteiger partial charge in [-0.25, -0.2) is 8.42 Å². The van der Waals surface area contributed by atoms with E-state index in [1.54, 1.807) is 13.1 Å². The molecule has 0 spiro atoms. The first kappa shape index (κ1) is 16.1. The van der Waals surface area contributed by atoms with Gasteiger partial charge in [0.05, 0.1) is 4.90 Å². The number of rotatable bonds is 6. The quantitative estimate of drug-likeness (QED) is 0.869. The van der Waals surface area contributed by atoms with Crippen molar-refractivity contribution in [1.82, 2.24) is 9.62 Å². The summed E-state index contributed by atoms with van der Waals surface area (Å²) in [6.45, 7) is 6.39. The molecule has 108 valence electrons. The lowest BCUT2D eigenvalue weighted by Gasteiger charge is -2.23. The minimum atomic E-state index is -3.42. The standard InChI is InChI=1S/C14H24N2O2S/c1-6-13-8-7-12(10-15-4)9-14(13)19(17,18)16(5)11(2)3/h7-9,11,15H,6,10H2,1-5H3. The predicted molar refractivity (Wildman–Crippen MR) is 78.7 cm³/mol. The third kappa shape index (κ3) is 3.55. The maximum Gasteiger partial charge on any atom is 0.243 e. The van der Waals surface area contributed by atoms with Crippen LogP contribution in [0.3, 0.4) is 0 Å². The van der Waals surface area contributed by atoms with Gasteiger partial charge in [0.1, 0.15) is 0 Å². The molecule has 5 heteroatoms. The van der Waals surface area contributed by atoms with Crippen LogP contribution in [0.25, 0.3) is 0 Å². The van der Waals surface area contributed by atoms with Crippen molar-refractivity contribution in [2.75, 3.05) is 14.1 Å². The molecule has 0 saturated carbocycles. The van der Waals surface area contributed by atoms with Gasteiger partial charge in [-0.05, 0) is 44.5 Å². The van der Waals surface area contributed by atoms with Gasteiger partial charge in [-0.15, -0.1) is 0 Å². The van der Waals surface area contributed by atoms with Crippen LogP contribution >= 0.6 is 0 Å². The van der Waals surface area contributed by atoms with E-state index in [0.29, 0.717) is 17.9 Å². The number of benzene rings is 1. The van der Waals surface area contributed by atoms with Crippen LogP contribution in [0.15, 0.2) is 23.1 Å². The van der Waals surface area contributed by atoms with Crippen molar-refractivity contribution in [2.45, 2.75) is 44.7 Å². The topological polar surface area (TPSA) is 49.4 Å². The van der Waals surface area contributed by atoms with Crippen LogP contribution in [0, 0.1) is 0 Å². The Bertz CT molecular complexity index is 524. The molecule has 0 amide bonds. The summed E-state index contributed by atoms with van der Waals surface area (Å²) in [4.78, 5) is 0.430. The van der Waals surface area contributed by atoms with E-state index in [9.17, 15) is 8.42 Å². The third-order valence-corrected chi connectivity index (χ3v) is 5.39. The monoisotopic (exact) mass is 284 g/mol. The van der Waals surface area contributed by atoms with Crippen molar-refractivity contribution in [1.29, 1.82) is 0 Å². The molecule has 0 heterocycles. The van der Waals surface area contributed by atoms with Gasteiger partial charge in [0.15, 0.2) is 0 Å². The fourth-order valence-electron chi connectivity index (χ4n) is 1.88. The van der Waals surface area contributed by atoms with E-state index < -0.39 is 10.0 Å². The summed E-state index contributed by atoms with van der Waals surface area (Å²) in [5, 5.41) is 3.04. The SMILES string of the molecule is CCc1ccc(CNC)cc1S(=O)(=O)N(C)C(C)C. The van der Waals surface area contributed by atoms with Crippen LogP contribution in [-0.2, 0) is 23.0 Å². The van der Waals surface area contributed by atoms with E-state index in [1.165, 1.54) is 4.31 Å². The molecule has 0 aliphatic carbocycles. The van der Waals surface area contributed by atoms with Gasteiger partial charge in [-0.3, -0.25) is 0 Å². The van der Waals surface area contributed by atoms with Crippen molar-refractivity contribution in [3.05, 3.63) is 29.3 Å². The minimum absolute atomic E-state index is 0.0531. The third-order valence-electron chi connectivity index (χ3n) is 3.28. The van der Waals surface area contributed by atoms with E-state index in [2.05, 4.69) is 5.32 Å². The second-order valence-corrected chi connectivity index (χ2v) is 6.91. The van der Waals surface area contributed by atoms with E-state index in [1.807, 2.05) is 40.0 Å². The molecule has 4 nitrogen and oxygen atoms in total. The maximum absolute atomic E-state index is 12.6. The highest BCUT2D eigenvalue weighted by atomic mass is 32.2. The van der Waals surface area contributed by atoms with Gasteiger partial charge in [0.2, 0.25) is 10.0 Å². The Labute approximate surface area is 116 Å². The van der Waals surface area contributed by atoms with Crippen LogP contribution in [0.2, 0.25) is 0 Å². The molecule has 0 atom stereocenters. The number of nitrogens with zero attached hydrogens (tertiary/aromatic N) is 1. The number of hydrogen-bond acceptors (Lipinski definition) is 3. The van der Waals surface area contributed by atoms with E-state index in [-0.39, 0.29) is 6.04 Å². The Balaban J connectivity index is 3.34. The minimum Gasteiger partial charge on any atom is -0.316 e. The maximum atomic E-state index is 12.6. The van der Waals surface area contributed by atoms with Gasteiger partial charge >= 0.3 is 0 Å². The highest BCUT2D eigenvalue weighted by molar-refractivity contribution is 7.89. The van der Waals surface area contributed by atoms with Crippen LogP contribution in [-0.4, -0.2) is 32.9 Å². The fraction of sp³-hybridized carbons (Fsp3) is 0.571. The Morgan fingerprint density at radius 2 is 1.95 bits per heavy atom. The number of aryl methyl sites for hydroxylation is 1. The normalized spacial score (nSPS) is 12.4. The molecule has 19 heavy (non-hydrogen) atoms. The molecule has 0 unspecified atom stereocenters. The molecular weight excluding hydrogens is 260 g/mol. The molecule has 1 N–H and O–H groups in total. The molecule has 1 aromatic carbocycles. The second-order valence-electron chi connectivity index (χ2n) is 4.94. The lowest BCUT2D eigenvalue weighted by Crippen LogP contribution is -2.33. The molecule has 0 aliphatic rings. The van der Waals surface area contributed by atoms with Crippen molar-refractivity contribution >= 4 is 10.0 Å². The average molecular weight is 284 g/mol. The van der Waals surface area contributed by atoms with Gasteiger partial charge < -0.3 is 5.32 Å². The average Bonchev–Trinajstić information content (AvgIpc) is 2.38. The first-order valence-corrected chi connectivity index (χ1v) is 8.03. The predicted octanol–water partition coefficient (Wildman–Crippen LogP) is 2.00. The zero-order valence-electron chi connectivity index (χ0n) is 12.4. The summed E-state index contributed by atoms with van der Waals surface area (Å²) in [6.07, 6.45) is 0.709. The van der Waals surface area contributed by atoms with E-state index in [0.717, 1.165) is 11.1 Å². The molecule has 0 fully saturated rings. The highest BCUT2D eigenvalue weighted by Gasteiger charge is 2.25. The molecule has 0 bridgehead atoms. The molecule has 0 aliphatic heterocycles. The van der Waals surface area contributed by atoms with Crippen molar-refractivity contribution in [3.8, 4) is 0 Å². The first-order chi connectivity index (χ1) is 8.84. The van der Waals surface area contributed by atoms with Crippen molar-refractivity contribution < 1.29 is 8.42 Å². The zero-order valence-corrected chi connectivity index (χ0v) is 13.2. The Hall–Kier alpha value is -0.910. The number of hydrogen-bond donors (Lipinski definition) is 1. The van der Waals surface area contributed by atoms with Crippen LogP contribution in [0.4, 0.5) is 0 Å². The lowest BCUT2D eigenvalue weighted by molar-refractivity contribution is 0.410. The Kier molecular flexibility index (Phi) is 5.52. The van der Waals surface area contributed by atoms with Crippen molar-refractivity contribution in [3.63, 3.8) is 0 Å². The Morgan fingerprint density at radius 1 is 1.32 bits per heavy atom. The van der Waals surface area contributed by atoms with Gasteiger partial charge in [0.25, 0.3) is 0 Å². The van der Waals surface area contributed by atoms with Gasteiger partial charge in [-0.1, -0.05) is 19.1 Å². The summed E-state index contributed by atoms with van der Waals surface area (Å²) < 4.78 is 26.7. The van der Waals surface area contributed by atoms with Gasteiger partial charge in [0, 0.05) is 19.6 Å². The molecule has 0 saturated heterocycles. The smallest absolute Gasteiger partial charge is 0.243 e. The lowest BCUT2D eigenvalue weighted by atomic mass is 10.1. The van der Waals surface area contributed by atoms with E-state index >= 15 is 0 Å². The Morgan fingerprint density at radius 3 is 2.42 bits per heavy atom. The van der Waals surface area contributed by atoms with Gasteiger partial charge in [-0.2, -0.15) is 4.31 Å². The molecule has 0 aromatic heterocycles. The molecule has 0 radical (unpaired) electrons. The molecule has 1 rings (SSSR count). The summed E-state index contributed by atoms with van der Waals surface area (Å²) >= 11 is 0. The molecular formula is C14H24N2O2S. The summed E-state index contributed by atoms with van der Waals surface area (Å²) in [5.41, 5.74) is 1.85. The van der Waals surface area contributed by atoms with Crippen LogP contribution < -0.4 is 5.32 Å². The molecule has 1 aromatic rings. The van der Waals surface area contributed by atoms with E-state index in [4.69, 9.17) is 0 Å². The van der Waals surface area contributed by atoms with Crippen LogP contribution in [0.1, 0.15) is 31.9 Å². The largest absolute Gasteiger partial charge is 0.316 e. The van der Waals surface area contributed by atoms with Crippen molar-refractivity contribution in [2.24, 2.45) is 0 Å². The van der Waals surface area contributed by atoms with Crippen LogP contribution in [0.5, 0.6) is 0 Å². The summed E-state index contributed by atoms with van der Waals surface area (Å²) in [7, 11) is 0.0623.